The van der Waals surface area contributed by atoms with Gasteiger partial charge in [-0.1, -0.05) is 24.3 Å². The van der Waals surface area contributed by atoms with E-state index in [1.54, 1.807) is 11.0 Å². The largest absolute Gasteiger partial charge is 0.475 e. The lowest BCUT2D eigenvalue weighted by atomic mass is 9.92. The van der Waals surface area contributed by atoms with Crippen molar-refractivity contribution >= 4 is 17.6 Å². The van der Waals surface area contributed by atoms with Crippen LogP contribution in [0.5, 0.6) is 5.75 Å². The average molecular weight is 301 g/mol. The fraction of sp³-hybridized carbons (Fsp3) is 0.412. The summed E-state index contributed by atoms with van der Waals surface area (Å²) < 4.78 is 10.4. The van der Waals surface area contributed by atoms with E-state index in [4.69, 9.17) is 9.47 Å². The molecule has 0 unspecified atom stereocenters. The molecule has 0 bridgehead atoms. The van der Waals surface area contributed by atoms with Gasteiger partial charge in [0.15, 0.2) is 0 Å². The molecule has 0 N–H and O–H groups in total. The number of carbonyl (C=O) groups is 2. The SMILES string of the molecule is COC(=O)[C@H]1CN(C(=O)[C@H]2CC=CCC2)c2ccccc2O1. The van der Waals surface area contributed by atoms with Gasteiger partial charge in [0.25, 0.3) is 0 Å². The lowest BCUT2D eigenvalue weighted by Gasteiger charge is -2.35. The Kier molecular flexibility index (Phi) is 4.13. The fourth-order valence-corrected chi connectivity index (χ4v) is 2.94. The Morgan fingerprint density at radius 3 is 2.82 bits per heavy atom. The van der Waals surface area contributed by atoms with Crippen molar-refractivity contribution in [3.63, 3.8) is 0 Å². The second-order valence-corrected chi connectivity index (χ2v) is 5.53. The number of fused-ring (bicyclic) bond motifs is 1. The number of hydrogen-bond donors (Lipinski definition) is 0. The molecule has 0 saturated heterocycles. The number of para-hydroxylation sites is 2. The zero-order valence-electron chi connectivity index (χ0n) is 12.5. The quantitative estimate of drug-likeness (QED) is 0.621. The first kappa shape index (κ1) is 14.6. The standard InChI is InChI=1S/C17H19NO4/c1-21-17(20)15-11-18(13-9-5-6-10-14(13)22-15)16(19)12-7-3-2-4-8-12/h2-3,5-6,9-10,12,15H,4,7-8,11H2,1H3/t12-,15+/m0/s1. The van der Waals surface area contributed by atoms with Crippen LogP contribution in [0.25, 0.3) is 0 Å². The Balaban J connectivity index is 1.89. The topological polar surface area (TPSA) is 55.8 Å². The van der Waals surface area contributed by atoms with Gasteiger partial charge in [0.2, 0.25) is 12.0 Å². The third-order valence-electron chi connectivity index (χ3n) is 4.12. The number of benzene rings is 1. The first-order valence-corrected chi connectivity index (χ1v) is 7.50. The number of allylic oxidation sites excluding steroid dienone is 2. The summed E-state index contributed by atoms with van der Waals surface area (Å²) in [5, 5.41) is 0. The van der Waals surface area contributed by atoms with Gasteiger partial charge in [-0.3, -0.25) is 4.79 Å². The Labute approximate surface area is 129 Å². The van der Waals surface area contributed by atoms with Crippen LogP contribution in [0.1, 0.15) is 19.3 Å². The summed E-state index contributed by atoms with van der Waals surface area (Å²) in [4.78, 5) is 26.4. The molecule has 1 heterocycles. The fourth-order valence-electron chi connectivity index (χ4n) is 2.94. The molecular weight excluding hydrogens is 282 g/mol. The first-order chi connectivity index (χ1) is 10.7. The highest BCUT2D eigenvalue weighted by Crippen LogP contribution is 2.35. The number of nitrogens with zero attached hydrogens (tertiary/aromatic N) is 1. The van der Waals surface area contributed by atoms with E-state index in [9.17, 15) is 9.59 Å². The average Bonchev–Trinajstić information content (AvgIpc) is 2.60. The maximum atomic E-state index is 12.9. The van der Waals surface area contributed by atoms with Crippen LogP contribution in [0.3, 0.4) is 0 Å². The first-order valence-electron chi connectivity index (χ1n) is 7.50. The van der Waals surface area contributed by atoms with Crippen LogP contribution in [0.15, 0.2) is 36.4 Å². The van der Waals surface area contributed by atoms with Crippen molar-refractivity contribution in [2.24, 2.45) is 5.92 Å². The van der Waals surface area contributed by atoms with Crippen molar-refractivity contribution in [1.29, 1.82) is 0 Å². The molecule has 1 aromatic rings. The zero-order valence-corrected chi connectivity index (χ0v) is 12.5. The van der Waals surface area contributed by atoms with Crippen LogP contribution in [-0.2, 0) is 14.3 Å². The zero-order chi connectivity index (χ0) is 15.5. The minimum absolute atomic E-state index is 0.0329. The Bertz CT molecular complexity index is 610. The number of anilines is 1. The van der Waals surface area contributed by atoms with E-state index in [1.165, 1.54) is 7.11 Å². The molecule has 1 aliphatic heterocycles. The number of methoxy groups -OCH3 is 1. The summed E-state index contributed by atoms with van der Waals surface area (Å²) >= 11 is 0. The van der Waals surface area contributed by atoms with Crippen LogP contribution in [0.4, 0.5) is 5.69 Å². The molecule has 0 spiro atoms. The van der Waals surface area contributed by atoms with E-state index < -0.39 is 12.1 Å². The monoisotopic (exact) mass is 301 g/mol. The Hall–Kier alpha value is -2.30. The lowest BCUT2D eigenvalue weighted by Crippen LogP contribution is -2.49. The predicted molar refractivity (Wildman–Crippen MR) is 81.7 cm³/mol. The van der Waals surface area contributed by atoms with Crippen LogP contribution in [0, 0.1) is 5.92 Å². The van der Waals surface area contributed by atoms with E-state index in [0.717, 1.165) is 24.9 Å². The minimum Gasteiger partial charge on any atom is -0.475 e. The molecule has 5 nitrogen and oxygen atoms in total. The molecule has 0 saturated carbocycles. The molecule has 22 heavy (non-hydrogen) atoms. The van der Waals surface area contributed by atoms with Gasteiger partial charge in [-0.05, 0) is 31.4 Å². The number of ether oxygens (including phenoxy) is 2. The van der Waals surface area contributed by atoms with Crippen LogP contribution in [-0.4, -0.2) is 31.6 Å². The molecule has 5 heteroatoms. The van der Waals surface area contributed by atoms with Crippen molar-refractivity contribution in [3.05, 3.63) is 36.4 Å². The van der Waals surface area contributed by atoms with Gasteiger partial charge < -0.3 is 14.4 Å². The van der Waals surface area contributed by atoms with E-state index in [2.05, 4.69) is 12.2 Å². The van der Waals surface area contributed by atoms with E-state index in [1.807, 2.05) is 18.2 Å². The number of carbonyl (C=O) groups excluding carboxylic acids is 2. The second kappa shape index (κ2) is 6.22. The normalized spacial score (nSPS) is 23.4. The number of amides is 1. The molecule has 2 aliphatic rings. The lowest BCUT2D eigenvalue weighted by molar-refractivity contribution is -0.148. The maximum Gasteiger partial charge on any atom is 0.348 e. The molecule has 1 aromatic carbocycles. The van der Waals surface area contributed by atoms with Gasteiger partial charge in [0.1, 0.15) is 5.75 Å². The third kappa shape index (κ3) is 2.71. The highest BCUT2D eigenvalue weighted by molar-refractivity contribution is 5.98. The van der Waals surface area contributed by atoms with Crippen LogP contribution < -0.4 is 9.64 Å². The van der Waals surface area contributed by atoms with Gasteiger partial charge in [-0.25, -0.2) is 4.79 Å². The summed E-state index contributed by atoms with van der Waals surface area (Å²) in [7, 11) is 1.32. The van der Waals surface area contributed by atoms with Gasteiger partial charge in [0, 0.05) is 5.92 Å². The van der Waals surface area contributed by atoms with Gasteiger partial charge in [-0.15, -0.1) is 0 Å². The Morgan fingerprint density at radius 1 is 1.27 bits per heavy atom. The number of rotatable bonds is 2. The molecule has 1 amide bonds. The summed E-state index contributed by atoms with van der Waals surface area (Å²) in [6.45, 7) is 0.197. The molecule has 0 fully saturated rings. The molecular formula is C17H19NO4. The van der Waals surface area contributed by atoms with E-state index in [-0.39, 0.29) is 18.4 Å². The van der Waals surface area contributed by atoms with Crippen molar-refractivity contribution in [2.75, 3.05) is 18.6 Å². The maximum absolute atomic E-state index is 12.9. The third-order valence-corrected chi connectivity index (χ3v) is 4.12. The summed E-state index contributed by atoms with van der Waals surface area (Å²) in [6.07, 6.45) is 5.90. The van der Waals surface area contributed by atoms with Crippen molar-refractivity contribution in [1.82, 2.24) is 0 Å². The van der Waals surface area contributed by atoms with Gasteiger partial charge in [0.05, 0.1) is 19.3 Å². The van der Waals surface area contributed by atoms with Crippen LogP contribution >= 0.6 is 0 Å². The highest BCUT2D eigenvalue weighted by Gasteiger charge is 2.36. The molecule has 3 rings (SSSR count). The van der Waals surface area contributed by atoms with Crippen LogP contribution in [0.2, 0.25) is 0 Å². The van der Waals surface area contributed by atoms with Crippen molar-refractivity contribution < 1.29 is 19.1 Å². The Morgan fingerprint density at radius 2 is 2.09 bits per heavy atom. The minimum atomic E-state index is -0.775. The summed E-state index contributed by atoms with van der Waals surface area (Å²) in [5.41, 5.74) is 0.724. The predicted octanol–water partition coefficient (Wildman–Crippen LogP) is 2.31. The molecule has 0 radical (unpaired) electrons. The smallest absolute Gasteiger partial charge is 0.348 e. The highest BCUT2D eigenvalue weighted by atomic mass is 16.6. The summed E-state index contributed by atoms with van der Waals surface area (Å²) in [5.74, 6) is 0.100. The van der Waals surface area contributed by atoms with E-state index in [0.29, 0.717) is 5.75 Å². The molecule has 0 aromatic heterocycles. The number of hydrogen-bond acceptors (Lipinski definition) is 4. The van der Waals surface area contributed by atoms with Gasteiger partial charge in [-0.2, -0.15) is 0 Å². The molecule has 116 valence electrons. The van der Waals surface area contributed by atoms with Crippen molar-refractivity contribution in [3.8, 4) is 5.75 Å². The number of esters is 1. The van der Waals surface area contributed by atoms with E-state index >= 15 is 0 Å². The summed E-state index contributed by atoms with van der Waals surface area (Å²) in [6, 6.07) is 7.30. The second-order valence-electron chi connectivity index (χ2n) is 5.53. The molecule has 1 aliphatic carbocycles. The van der Waals surface area contributed by atoms with Crippen molar-refractivity contribution in [2.45, 2.75) is 25.4 Å². The van der Waals surface area contributed by atoms with Gasteiger partial charge >= 0.3 is 5.97 Å². The molecule has 2 atom stereocenters.